The van der Waals surface area contributed by atoms with Crippen molar-refractivity contribution in [2.75, 3.05) is 5.32 Å². The zero-order valence-corrected chi connectivity index (χ0v) is 11.4. The van der Waals surface area contributed by atoms with Crippen molar-refractivity contribution in [3.8, 4) is 0 Å². The Bertz CT molecular complexity index is 562. The van der Waals surface area contributed by atoms with E-state index in [4.69, 9.17) is 5.73 Å². The molecule has 0 aliphatic carbocycles. The van der Waals surface area contributed by atoms with Gasteiger partial charge in [0.2, 0.25) is 5.91 Å². The summed E-state index contributed by atoms with van der Waals surface area (Å²) in [6.07, 6.45) is 1.13. The number of carbonyl (C=O) groups excluding carboxylic acids is 1. The van der Waals surface area contributed by atoms with Gasteiger partial charge >= 0.3 is 0 Å². The normalized spacial score (nSPS) is 12.6. The minimum atomic E-state index is -0.0241. The SMILES string of the molecule is Cc1cccc2sc(NC(=O)CCC(C)N)nc12. The molecule has 0 radical (unpaired) electrons. The van der Waals surface area contributed by atoms with Crippen LogP contribution in [0.1, 0.15) is 25.3 Å². The molecule has 0 bridgehead atoms. The summed E-state index contributed by atoms with van der Waals surface area (Å²) in [4.78, 5) is 16.1. The Balaban J connectivity index is 2.08. The molecule has 2 aromatic rings. The number of nitrogens with two attached hydrogens (primary N) is 1. The van der Waals surface area contributed by atoms with Crippen molar-refractivity contribution in [2.24, 2.45) is 5.73 Å². The van der Waals surface area contributed by atoms with Crippen LogP contribution in [0.15, 0.2) is 18.2 Å². The lowest BCUT2D eigenvalue weighted by Crippen LogP contribution is -2.19. The van der Waals surface area contributed by atoms with E-state index in [1.807, 2.05) is 32.0 Å². The maximum Gasteiger partial charge on any atom is 0.226 e. The number of aryl methyl sites for hydroxylation is 1. The number of fused-ring (bicyclic) bond motifs is 1. The maximum absolute atomic E-state index is 11.7. The summed E-state index contributed by atoms with van der Waals surface area (Å²) in [6.45, 7) is 3.91. The van der Waals surface area contributed by atoms with Gasteiger partial charge in [0.1, 0.15) is 0 Å². The molecule has 0 aliphatic heterocycles. The fraction of sp³-hybridized carbons (Fsp3) is 0.385. The van der Waals surface area contributed by atoms with E-state index in [0.717, 1.165) is 15.8 Å². The Morgan fingerprint density at radius 2 is 2.33 bits per heavy atom. The lowest BCUT2D eigenvalue weighted by molar-refractivity contribution is -0.116. The maximum atomic E-state index is 11.7. The van der Waals surface area contributed by atoms with Crippen LogP contribution in [0.5, 0.6) is 0 Å². The molecule has 0 saturated heterocycles. The summed E-state index contributed by atoms with van der Waals surface area (Å²) >= 11 is 1.50. The second kappa shape index (κ2) is 5.46. The van der Waals surface area contributed by atoms with E-state index >= 15 is 0 Å². The van der Waals surface area contributed by atoms with E-state index in [2.05, 4.69) is 10.3 Å². The van der Waals surface area contributed by atoms with E-state index in [9.17, 15) is 4.79 Å². The molecule has 0 spiro atoms. The largest absolute Gasteiger partial charge is 0.328 e. The van der Waals surface area contributed by atoms with Crippen LogP contribution >= 0.6 is 11.3 Å². The van der Waals surface area contributed by atoms with Crippen LogP contribution in [0.25, 0.3) is 10.2 Å². The van der Waals surface area contributed by atoms with Crippen molar-refractivity contribution in [3.05, 3.63) is 23.8 Å². The molecular weight excluding hydrogens is 246 g/mol. The van der Waals surface area contributed by atoms with Gasteiger partial charge in [-0.1, -0.05) is 23.5 Å². The van der Waals surface area contributed by atoms with Gasteiger partial charge in [0, 0.05) is 12.5 Å². The van der Waals surface area contributed by atoms with Crippen molar-refractivity contribution in [1.82, 2.24) is 4.98 Å². The number of amides is 1. The van der Waals surface area contributed by atoms with Gasteiger partial charge in [-0.15, -0.1) is 0 Å². The monoisotopic (exact) mass is 263 g/mol. The van der Waals surface area contributed by atoms with Gasteiger partial charge in [-0.3, -0.25) is 4.79 Å². The van der Waals surface area contributed by atoms with Gasteiger partial charge in [-0.25, -0.2) is 4.98 Å². The summed E-state index contributed by atoms with van der Waals surface area (Å²) in [5.41, 5.74) is 7.71. The molecule has 5 heteroatoms. The molecule has 18 heavy (non-hydrogen) atoms. The van der Waals surface area contributed by atoms with E-state index < -0.39 is 0 Å². The number of hydrogen-bond donors (Lipinski definition) is 2. The molecule has 1 aromatic heterocycles. The zero-order valence-electron chi connectivity index (χ0n) is 10.6. The fourth-order valence-corrected chi connectivity index (χ4v) is 2.64. The Labute approximate surface area is 110 Å². The highest BCUT2D eigenvalue weighted by molar-refractivity contribution is 7.22. The second-order valence-electron chi connectivity index (χ2n) is 4.50. The number of nitrogens with one attached hydrogen (secondary N) is 1. The number of hydrogen-bond acceptors (Lipinski definition) is 4. The zero-order chi connectivity index (χ0) is 13.1. The highest BCUT2D eigenvalue weighted by Gasteiger charge is 2.09. The second-order valence-corrected chi connectivity index (χ2v) is 5.54. The minimum absolute atomic E-state index is 0.0241. The molecule has 0 fully saturated rings. The molecule has 0 saturated carbocycles. The highest BCUT2D eigenvalue weighted by Crippen LogP contribution is 2.27. The van der Waals surface area contributed by atoms with Crippen molar-refractivity contribution < 1.29 is 4.79 Å². The Hall–Kier alpha value is -1.46. The third-order valence-electron chi connectivity index (χ3n) is 2.69. The van der Waals surface area contributed by atoms with Crippen LogP contribution in [0.4, 0.5) is 5.13 Å². The third-order valence-corrected chi connectivity index (χ3v) is 3.63. The Morgan fingerprint density at radius 3 is 3.00 bits per heavy atom. The number of nitrogens with zero attached hydrogens (tertiary/aromatic N) is 1. The fourth-order valence-electron chi connectivity index (χ4n) is 1.68. The quantitative estimate of drug-likeness (QED) is 0.891. The predicted molar refractivity (Wildman–Crippen MR) is 75.9 cm³/mol. The topological polar surface area (TPSA) is 68.0 Å². The van der Waals surface area contributed by atoms with Crippen LogP contribution in [0.3, 0.4) is 0 Å². The van der Waals surface area contributed by atoms with E-state index in [1.54, 1.807) is 0 Å². The average Bonchev–Trinajstić information content (AvgIpc) is 2.70. The first-order chi connectivity index (χ1) is 8.56. The lowest BCUT2D eigenvalue weighted by Gasteiger charge is -2.03. The molecule has 0 aliphatic rings. The average molecular weight is 263 g/mol. The summed E-state index contributed by atoms with van der Waals surface area (Å²) < 4.78 is 1.09. The Morgan fingerprint density at radius 1 is 1.56 bits per heavy atom. The molecule has 4 nitrogen and oxygen atoms in total. The first-order valence-electron chi connectivity index (χ1n) is 5.98. The Kier molecular flexibility index (Phi) is 3.93. The number of carbonyl (C=O) groups is 1. The van der Waals surface area contributed by atoms with Crippen LogP contribution in [0.2, 0.25) is 0 Å². The van der Waals surface area contributed by atoms with E-state index in [0.29, 0.717) is 18.0 Å². The molecule has 1 atom stereocenters. The molecule has 1 aromatic carbocycles. The first kappa shape index (κ1) is 13.0. The number of aromatic nitrogens is 1. The smallest absolute Gasteiger partial charge is 0.226 e. The van der Waals surface area contributed by atoms with E-state index in [-0.39, 0.29) is 11.9 Å². The highest BCUT2D eigenvalue weighted by atomic mass is 32.1. The number of para-hydroxylation sites is 1. The van der Waals surface area contributed by atoms with Crippen LogP contribution < -0.4 is 11.1 Å². The summed E-state index contributed by atoms with van der Waals surface area (Å²) in [5.74, 6) is -0.0241. The van der Waals surface area contributed by atoms with Crippen LogP contribution in [-0.4, -0.2) is 16.9 Å². The van der Waals surface area contributed by atoms with Gasteiger partial charge in [-0.05, 0) is 31.9 Å². The van der Waals surface area contributed by atoms with Crippen molar-refractivity contribution in [1.29, 1.82) is 0 Å². The van der Waals surface area contributed by atoms with Crippen molar-refractivity contribution >= 4 is 32.6 Å². The lowest BCUT2D eigenvalue weighted by atomic mass is 10.2. The standard InChI is InChI=1S/C13H17N3OS/c1-8-4-3-5-10-12(8)16-13(18-10)15-11(17)7-6-9(2)14/h3-5,9H,6-7,14H2,1-2H3,(H,15,16,17). The number of anilines is 1. The number of thiazole rings is 1. The van der Waals surface area contributed by atoms with Crippen molar-refractivity contribution in [2.45, 2.75) is 32.7 Å². The molecular formula is C13H17N3OS. The van der Waals surface area contributed by atoms with E-state index in [1.165, 1.54) is 11.3 Å². The van der Waals surface area contributed by atoms with Gasteiger partial charge in [0.15, 0.2) is 5.13 Å². The van der Waals surface area contributed by atoms with Gasteiger partial charge in [0.25, 0.3) is 0 Å². The minimum Gasteiger partial charge on any atom is -0.328 e. The molecule has 2 rings (SSSR count). The summed E-state index contributed by atoms with van der Waals surface area (Å²) in [5, 5.41) is 3.49. The van der Waals surface area contributed by atoms with Crippen LogP contribution in [0, 0.1) is 6.92 Å². The van der Waals surface area contributed by atoms with Crippen LogP contribution in [-0.2, 0) is 4.79 Å². The van der Waals surface area contributed by atoms with Gasteiger partial charge < -0.3 is 11.1 Å². The van der Waals surface area contributed by atoms with Crippen molar-refractivity contribution in [3.63, 3.8) is 0 Å². The molecule has 96 valence electrons. The summed E-state index contributed by atoms with van der Waals surface area (Å²) in [7, 11) is 0. The molecule has 3 N–H and O–H groups in total. The first-order valence-corrected chi connectivity index (χ1v) is 6.79. The van der Waals surface area contributed by atoms with Gasteiger partial charge in [0.05, 0.1) is 10.2 Å². The molecule has 1 unspecified atom stereocenters. The molecule has 1 heterocycles. The molecule has 1 amide bonds. The summed E-state index contributed by atoms with van der Waals surface area (Å²) in [6, 6.07) is 6.08. The third kappa shape index (κ3) is 3.05. The van der Waals surface area contributed by atoms with Gasteiger partial charge in [-0.2, -0.15) is 0 Å². The number of benzene rings is 1. The number of rotatable bonds is 4. The predicted octanol–water partition coefficient (Wildman–Crippen LogP) is 2.67.